The molecule has 20 heavy (non-hydrogen) atoms. The van der Waals surface area contributed by atoms with Crippen LogP contribution in [0, 0.1) is 0 Å². The third-order valence-electron chi connectivity index (χ3n) is 4.29. The smallest absolute Gasteiger partial charge is 0.305 e. The van der Waals surface area contributed by atoms with Crippen molar-refractivity contribution in [1.29, 1.82) is 0 Å². The molecule has 2 atom stereocenters. The van der Waals surface area contributed by atoms with Crippen LogP contribution in [0.1, 0.15) is 47.9 Å². The first kappa shape index (κ1) is 13.6. The van der Waals surface area contributed by atoms with Crippen LogP contribution in [-0.2, 0) is 30.0 Å². The van der Waals surface area contributed by atoms with Gasteiger partial charge < -0.3 is 5.32 Å². The van der Waals surface area contributed by atoms with Gasteiger partial charge in [0.05, 0.1) is 0 Å². The molecule has 5 nitrogen and oxygen atoms in total. The number of aryl methyl sites for hydroxylation is 2. The number of amides is 2. The van der Waals surface area contributed by atoms with Crippen LogP contribution in [-0.4, -0.2) is 10.2 Å². The summed E-state index contributed by atoms with van der Waals surface area (Å²) in [6, 6.07) is 1.70. The zero-order valence-electron chi connectivity index (χ0n) is 11.5. The molecule has 0 saturated heterocycles. The maximum Gasteiger partial charge on any atom is 0.354 e. The molecule has 1 aromatic carbocycles. The number of rotatable bonds is 1. The highest BCUT2D eigenvalue weighted by molar-refractivity contribution is 7.72. The zero-order chi connectivity index (χ0) is 14.3. The lowest BCUT2D eigenvalue weighted by Crippen LogP contribution is -2.13. The SMILES string of the molecule is CC1CCc2cc3c(c(NC(=O)/N=[SH](\N)=O)c21)CCC3. The maximum atomic E-state index is 11.8. The highest BCUT2D eigenvalue weighted by Crippen LogP contribution is 2.43. The Bertz CT molecular complexity index is 663. The van der Waals surface area contributed by atoms with Crippen LogP contribution in [0.15, 0.2) is 10.4 Å². The second-order valence-corrected chi connectivity index (χ2v) is 6.39. The normalized spacial score (nSPS) is 21.6. The Balaban J connectivity index is 2.07. The van der Waals surface area contributed by atoms with Crippen molar-refractivity contribution in [2.24, 2.45) is 9.50 Å². The average Bonchev–Trinajstić information content (AvgIpc) is 2.95. The van der Waals surface area contributed by atoms with Crippen molar-refractivity contribution in [2.75, 3.05) is 5.32 Å². The molecule has 0 saturated carbocycles. The van der Waals surface area contributed by atoms with Gasteiger partial charge in [0.1, 0.15) is 10.8 Å². The van der Waals surface area contributed by atoms with E-state index in [1.165, 1.54) is 22.3 Å². The van der Waals surface area contributed by atoms with Crippen LogP contribution >= 0.6 is 0 Å². The van der Waals surface area contributed by atoms with E-state index >= 15 is 0 Å². The van der Waals surface area contributed by atoms with Gasteiger partial charge in [-0.3, -0.25) is 0 Å². The van der Waals surface area contributed by atoms with E-state index in [9.17, 15) is 9.00 Å². The van der Waals surface area contributed by atoms with Crippen LogP contribution in [0.5, 0.6) is 0 Å². The minimum Gasteiger partial charge on any atom is -0.305 e. The Hall–Kier alpha value is -1.40. The fourth-order valence-electron chi connectivity index (χ4n) is 3.47. The van der Waals surface area contributed by atoms with E-state index in [1.54, 1.807) is 0 Å². The van der Waals surface area contributed by atoms with E-state index in [4.69, 9.17) is 5.14 Å². The molecule has 2 aliphatic carbocycles. The molecule has 6 heteroatoms. The van der Waals surface area contributed by atoms with Gasteiger partial charge in [0, 0.05) is 5.69 Å². The summed E-state index contributed by atoms with van der Waals surface area (Å²) in [7, 11) is -2.30. The van der Waals surface area contributed by atoms with E-state index in [-0.39, 0.29) is 0 Å². The number of nitrogens with zero attached hydrogens (tertiary/aromatic N) is 1. The van der Waals surface area contributed by atoms with E-state index < -0.39 is 16.8 Å². The van der Waals surface area contributed by atoms with Crippen molar-refractivity contribution in [3.05, 3.63) is 28.3 Å². The van der Waals surface area contributed by atoms with Gasteiger partial charge in [-0.15, -0.1) is 4.36 Å². The molecule has 2 unspecified atom stereocenters. The van der Waals surface area contributed by atoms with Crippen LogP contribution < -0.4 is 10.5 Å². The van der Waals surface area contributed by atoms with E-state index in [1.807, 2.05) is 0 Å². The van der Waals surface area contributed by atoms with Crippen molar-refractivity contribution in [3.8, 4) is 0 Å². The Kier molecular flexibility index (Phi) is 3.52. The highest BCUT2D eigenvalue weighted by atomic mass is 32.2. The molecule has 0 bridgehead atoms. The highest BCUT2D eigenvalue weighted by Gasteiger charge is 2.28. The van der Waals surface area contributed by atoms with Crippen molar-refractivity contribution in [3.63, 3.8) is 0 Å². The molecule has 1 aromatic rings. The Labute approximate surface area is 120 Å². The minimum atomic E-state index is -2.30. The van der Waals surface area contributed by atoms with Crippen molar-refractivity contribution in [2.45, 2.75) is 44.9 Å². The van der Waals surface area contributed by atoms with Gasteiger partial charge in [-0.05, 0) is 60.3 Å². The van der Waals surface area contributed by atoms with Crippen molar-refractivity contribution in [1.82, 2.24) is 0 Å². The molecule has 0 fully saturated rings. The Morgan fingerprint density at radius 1 is 1.40 bits per heavy atom. The summed E-state index contributed by atoms with van der Waals surface area (Å²) >= 11 is 0. The summed E-state index contributed by atoms with van der Waals surface area (Å²) in [5.41, 5.74) is 6.05. The first-order valence-electron chi connectivity index (χ1n) is 6.98. The summed E-state index contributed by atoms with van der Waals surface area (Å²) in [5.74, 6) is 0.442. The fraction of sp³-hybridized carbons (Fsp3) is 0.500. The van der Waals surface area contributed by atoms with Gasteiger partial charge in [0.2, 0.25) is 0 Å². The zero-order valence-corrected chi connectivity index (χ0v) is 12.4. The number of nitrogens with two attached hydrogens (primary N) is 1. The number of hydrogen-bond donors (Lipinski definition) is 3. The molecule has 0 heterocycles. The topological polar surface area (TPSA) is 84.6 Å². The first-order valence-corrected chi connectivity index (χ1v) is 8.26. The molecule has 108 valence electrons. The number of nitrogens with one attached hydrogen (secondary N) is 1. The predicted octanol–water partition coefficient (Wildman–Crippen LogP) is 2.30. The fourth-order valence-corrected chi connectivity index (χ4v) is 3.70. The molecule has 2 amide bonds. The Morgan fingerprint density at radius 3 is 2.95 bits per heavy atom. The van der Waals surface area contributed by atoms with Gasteiger partial charge >= 0.3 is 6.03 Å². The Morgan fingerprint density at radius 2 is 2.20 bits per heavy atom. The van der Waals surface area contributed by atoms with Gasteiger partial charge in [-0.1, -0.05) is 13.0 Å². The number of carbonyl (C=O) groups excluding carboxylic acids is 1. The largest absolute Gasteiger partial charge is 0.354 e. The molecular formula is C14H19N3O2S. The standard InChI is InChI=1S/C14H19N3O2S/c1-8-5-6-10-7-9-3-2-4-11(9)13(12(8)10)16-14(18)17-20(15)19/h7-8,20H,2-6H2,1H3,(H3,15,16,17,18,19). The lowest BCUT2D eigenvalue weighted by molar-refractivity contribution is 0.260. The lowest BCUT2D eigenvalue weighted by atomic mass is 9.95. The number of hydrogen-bond acceptors (Lipinski definition) is 2. The van der Waals surface area contributed by atoms with Gasteiger partial charge in [-0.2, -0.15) is 0 Å². The van der Waals surface area contributed by atoms with E-state index in [0.717, 1.165) is 37.8 Å². The van der Waals surface area contributed by atoms with E-state index in [0.29, 0.717) is 5.92 Å². The summed E-state index contributed by atoms with van der Waals surface area (Å²) in [6.07, 6.45) is 5.36. The maximum absolute atomic E-state index is 11.8. The summed E-state index contributed by atoms with van der Waals surface area (Å²) < 4.78 is 14.3. The molecule has 0 aliphatic heterocycles. The third kappa shape index (κ3) is 2.33. The van der Waals surface area contributed by atoms with Crippen LogP contribution in [0.3, 0.4) is 0 Å². The number of fused-ring (bicyclic) bond motifs is 2. The predicted molar refractivity (Wildman–Crippen MR) is 80.4 cm³/mol. The molecule has 0 spiro atoms. The van der Waals surface area contributed by atoms with Gasteiger partial charge in [0.15, 0.2) is 0 Å². The first-order chi connectivity index (χ1) is 9.56. The quantitative estimate of drug-likeness (QED) is 0.694. The van der Waals surface area contributed by atoms with Crippen molar-refractivity contribution < 1.29 is 9.00 Å². The monoisotopic (exact) mass is 293 g/mol. The summed E-state index contributed by atoms with van der Waals surface area (Å²) in [4.78, 5) is 11.8. The molecule has 2 aliphatic rings. The van der Waals surface area contributed by atoms with Gasteiger partial charge in [-0.25, -0.2) is 14.1 Å². The number of urea groups is 1. The molecular weight excluding hydrogens is 274 g/mol. The summed E-state index contributed by atoms with van der Waals surface area (Å²) in [5, 5.41) is 7.92. The van der Waals surface area contributed by atoms with Crippen LogP contribution in [0.2, 0.25) is 0 Å². The number of thiol groups is 1. The molecule has 0 radical (unpaired) electrons. The van der Waals surface area contributed by atoms with Crippen molar-refractivity contribution >= 4 is 22.5 Å². The van der Waals surface area contributed by atoms with Crippen LogP contribution in [0.25, 0.3) is 0 Å². The molecule has 3 rings (SSSR count). The third-order valence-corrected chi connectivity index (χ3v) is 4.67. The number of anilines is 1. The number of carbonyl (C=O) groups is 1. The second-order valence-electron chi connectivity index (χ2n) is 5.59. The lowest BCUT2D eigenvalue weighted by Gasteiger charge is -2.17. The van der Waals surface area contributed by atoms with Gasteiger partial charge in [0.25, 0.3) is 0 Å². The minimum absolute atomic E-state index is 0.442. The summed E-state index contributed by atoms with van der Waals surface area (Å²) in [6.45, 7) is 2.18. The van der Waals surface area contributed by atoms with E-state index in [2.05, 4.69) is 22.7 Å². The van der Waals surface area contributed by atoms with Crippen LogP contribution in [0.4, 0.5) is 10.5 Å². The molecule has 0 aromatic heterocycles. The molecule has 3 N–H and O–H groups in total. The average molecular weight is 293 g/mol. The number of benzene rings is 1. The second kappa shape index (κ2) is 5.18.